The molecule has 1 fully saturated rings. The number of nitrogens with two attached hydrogens (primary N) is 1. The molecular formula is C15H22N2O2. The average molecular weight is 262 g/mol. The molecule has 1 aromatic carbocycles. The van der Waals surface area contributed by atoms with Crippen LogP contribution in [0.5, 0.6) is 5.75 Å². The van der Waals surface area contributed by atoms with Crippen molar-refractivity contribution in [3.63, 3.8) is 0 Å². The summed E-state index contributed by atoms with van der Waals surface area (Å²) < 4.78 is 5.13. The largest absolute Gasteiger partial charge is 0.497 e. The molecule has 1 saturated carbocycles. The molecule has 1 aliphatic carbocycles. The maximum absolute atomic E-state index is 11.8. The molecule has 0 spiro atoms. The third-order valence-corrected chi connectivity index (χ3v) is 4.07. The first-order chi connectivity index (χ1) is 9.05. The summed E-state index contributed by atoms with van der Waals surface area (Å²) in [7, 11) is 1.63. The summed E-state index contributed by atoms with van der Waals surface area (Å²) in [6.45, 7) is 2.22. The van der Waals surface area contributed by atoms with Gasteiger partial charge in [0.2, 0.25) is 5.91 Å². The number of ether oxygens (including phenoxy) is 1. The predicted octanol–water partition coefficient (Wildman–Crippen LogP) is 2.54. The fourth-order valence-electron chi connectivity index (χ4n) is 2.64. The Morgan fingerprint density at radius 3 is 2.37 bits per heavy atom. The zero-order chi connectivity index (χ0) is 13.9. The number of rotatable bonds is 4. The van der Waals surface area contributed by atoms with E-state index in [1.165, 1.54) is 0 Å². The maximum Gasteiger partial charge on any atom is 0.243 e. The van der Waals surface area contributed by atoms with Crippen LogP contribution in [0.3, 0.4) is 0 Å². The SMILES string of the molecule is COc1ccc(NC2(C(N)=O)CCC(C)CC2)cc1. The van der Waals surface area contributed by atoms with Gasteiger partial charge in [0.1, 0.15) is 11.3 Å². The Morgan fingerprint density at radius 2 is 1.89 bits per heavy atom. The van der Waals surface area contributed by atoms with E-state index in [0.29, 0.717) is 5.92 Å². The van der Waals surface area contributed by atoms with E-state index in [4.69, 9.17) is 10.5 Å². The lowest BCUT2D eigenvalue weighted by atomic mass is 9.76. The molecule has 0 radical (unpaired) electrons. The molecule has 0 atom stereocenters. The number of benzene rings is 1. The zero-order valence-corrected chi connectivity index (χ0v) is 11.6. The highest BCUT2D eigenvalue weighted by atomic mass is 16.5. The monoisotopic (exact) mass is 262 g/mol. The van der Waals surface area contributed by atoms with Gasteiger partial charge < -0.3 is 15.8 Å². The molecule has 1 amide bonds. The van der Waals surface area contributed by atoms with Gasteiger partial charge in [0, 0.05) is 5.69 Å². The number of nitrogens with one attached hydrogen (secondary N) is 1. The highest BCUT2D eigenvalue weighted by Crippen LogP contribution is 2.34. The van der Waals surface area contributed by atoms with Gasteiger partial charge in [0.05, 0.1) is 7.11 Å². The molecule has 0 unspecified atom stereocenters. The van der Waals surface area contributed by atoms with Crippen LogP contribution < -0.4 is 15.8 Å². The number of carbonyl (C=O) groups excluding carboxylic acids is 1. The minimum Gasteiger partial charge on any atom is -0.497 e. The lowest BCUT2D eigenvalue weighted by Gasteiger charge is -2.38. The molecule has 1 aliphatic rings. The molecule has 3 N–H and O–H groups in total. The van der Waals surface area contributed by atoms with E-state index in [2.05, 4.69) is 12.2 Å². The highest BCUT2D eigenvalue weighted by molar-refractivity contribution is 5.88. The second-order valence-electron chi connectivity index (χ2n) is 5.48. The van der Waals surface area contributed by atoms with Crippen LogP contribution in [0.25, 0.3) is 0 Å². The minimum atomic E-state index is -0.596. The van der Waals surface area contributed by atoms with Crippen molar-refractivity contribution in [2.24, 2.45) is 11.7 Å². The fraction of sp³-hybridized carbons (Fsp3) is 0.533. The molecule has 0 aliphatic heterocycles. The third kappa shape index (κ3) is 3.00. The summed E-state index contributed by atoms with van der Waals surface area (Å²) in [6.07, 6.45) is 3.67. The normalized spacial score (nSPS) is 26.7. The van der Waals surface area contributed by atoms with Gasteiger partial charge in [-0.1, -0.05) is 6.92 Å². The van der Waals surface area contributed by atoms with Crippen molar-refractivity contribution in [3.8, 4) is 5.75 Å². The number of primary amides is 1. The summed E-state index contributed by atoms with van der Waals surface area (Å²) in [4.78, 5) is 11.8. The van der Waals surface area contributed by atoms with E-state index in [9.17, 15) is 4.79 Å². The van der Waals surface area contributed by atoms with Crippen LogP contribution in [0.4, 0.5) is 5.69 Å². The van der Waals surface area contributed by atoms with Gasteiger partial charge in [0.25, 0.3) is 0 Å². The molecule has 0 bridgehead atoms. The molecule has 19 heavy (non-hydrogen) atoms. The number of hydrogen-bond donors (Lipinski definition) is 2. The lowest BCUT2D eigenvalue weighted by Crippen LogP contribution is -2.52. The van der Waals surface area contributed by atoms with E-state index >= 15 is 0 Å². The summed E-state index contributed by atoms with van der Waals surface area (Å²) in [5.41, 5.74) is 5.94. The van der Waals surface area contributed by atoms with E-state index in [1.807, 2.05) is 24.3 Å². The second kappa shape index (κ2) is 5.51. The molecule has 104 valence electrons. The summed E-state index contributed by atoms with van der Waals surface area (Å²) in [6, 6.07) is 7.59. The van der Waals surface area contributed by atoms with Gasteiger partial charge in [-0.15, -0.1) is 0 Å². The first-order valence-corrected chi connectivity index (χ1v) is 6.78. The Morgan fingerprint density at radius 1 is 1.32 bits per heavy atom. The number of hydrogen-bond acceptors (Lipinski definition) is 3. The van der Waals surface area contributed by atoms with Crippen molar-refractivity contribution in [2.45, 2.75) is 38.1 Å². The van der Waals surface area contributed by atoms with E-state index in [-0.39, 0.29) is 5.91 Å². The van der Waals surface area contributed by atoms with Crippen LogP contribution in [0.2, 0.25) is 0 Å². The molecule has 0 heterocycles. The number of carbonyl (C=O) groups is 1. The first-order valence-electron chi connectivity index (χ1n) is 6.78. The highest BCUT2D eigenvalue weighted by Gasteiger charge is 2.39. The minimum absolute atomic E-state index is 0.254. The quantitative estimate of drug-likeness (QED) is 0.876. The molecular weight excluding hydrogens is 240 g/mol. The standard InChI is InChI=1S/C15H22N2O2/c1-11-7-9-15(10-8-11,14(16)18)17-12-3-5-13(19-2)6-4-12/h3-6,11,17H,7-10H2,1-2H3,(H2,16,18). The predicted molar refractivity (Wildman–Crippen MR) is 76.2 cm³/mol. The molecule has 1 aromatic rings. The van der Waals surface area contributed by atoms with Gasteiger partial charge in [-0.05, 0) is 55.9 Å². The molecule has 0 saturated heterocycles. The Hall–Kier alpha value is -1.71. The van der Waals surface area contributed by atoms with Crippen molar-refractivity contribution < 1.29 is 9.53 Å². The van der Waals surface area contributed by atoms with Crippen molar-refractivity contribution in [1.82, 2.24) is 0 Å². The summed E-state index contributed by atoms with van der Waals surface area (Å²) in [5.74, 6) is 1.22. The number of anilines is 1. The van der Waals surface area contributed by atoms with Crippen LogP contribution in [0.1, 0.15) is 32.6 Å². The Kier molecular flexibility index (Phi) is 3.98. The summed E-state index contributed by atoms with van der Waals surface area (Å²) in [5, 5.41) is 3.34. The van der Waals surface area contributed by atoms with Crippen LogP contribution >= 0.6 is 0 Å². The van der Waals surface area contributed by atoms with Crippen LogP contribution in [0.15, 0.2) is 24.3 Å². The Bertz CT molecular complexity index is 434. The van der Waals surface area contributed by atoms with Gasteiger partial charge >= 0.3 is 0 Å². The number of amides is 1. The maximum atomic E-state index is 11.8. The molecule has 0 aromatic heterocycles. The Labute approximate surface area is 114 Å². The third-order valence-electron chi connectivity index (χ3n) is 4.07. The van der Waals surface area contributed by atoms with Gasteiger partial charge in [-0.2, -0.15) is 0 Å². The smallest absolute Gasteiger partial charge is 0.243 e. The fourth-order valence-corrected chi connectivity index (χ4v) is 2.64. The van der Waals surface area contributed by atoms with Crippen molar-refractivity contribution >= 4 is 11.6 Å². The van der Waals surface area contributed by atoms with Gasteiger partial charge in [-0.3, -0.25) is 4.79 Å². The molecule has 4 heteroatoms. The number of methoxy groups -OCH3 is 1. The lowest BCUT2D eigenvalue weighted by molar-refractivity contribution is -0.123. The average Bonchev–Trinajstić information content (AvgIpc) is 2.42. The van der Waals surface area contributed by atoms with E-state index in [1.54, 1.807) is 7.11 Å². The first kappa shape index (κ1) is 13.7. The molecule has 4 nitrogen and oxygen atoms in total. The van der Waals surface area contributed by atoms with E-state index < -0.39 is 5.54 Å². The van der Waals surface area contributed by atoms with Crippen molar-refractivity contribution in [1.29, 1.82) is 0 Å². The second-order valence-corrected chi connectivity index (χ2v) is 5.48. The van der Waals surface area contributed by atoms with Crippen molar-refractivity contribution in [2.75, 3.05) is 12.4 Å². The summed E-state index contributed by atoms with van der Waals surface area (Å²) >= 11 is 0. The van der Waals surface area contributed by atoms with Gasteiger partial charge in [0.15, 0.2) is 0 Å². The Balaban J connectivity index is 2.14. The van der Waals surface area contributed by atoms with Crippen LogP contribution in [-0.4, -0.2) is 18.6 Å². The molecule has 2 rings (SSSR count). The van der Waals surface area contributed by atoms with Crippen molar-refractivity contribution in [3.05, 3.63) is 24.3 Å². The zero-order valence-electron chi connectivity index (χ0n) is 11.6. The van der Waals surface area contributed by atoms with Crippen LogP contribution in [-0.2, 0) is 4.79 Å². The van der Waals surface area contributed by atoms with Gasteiger partial charge in [-0.25, -0.2) is 0 Å². The van der Waals surface area contributed by atoms with E-state index in [0.717, 1.165) is 37.1 Å². The topological polar surface area (TPSA) is 64.3 Å². The van der Waals surface area contributed by atoms with Crippen LogP contribution in [0, 0.1) is 5.92 Å².